The van der Waals surface area contributed by atoms with E-state index in [1.165, 1.54) is 12.3 Å². The Labute approximate surface area is 133 Å². The van der Waals surface area contributed by atoms with Crippen LogP contribution >= 0.6 is 0 Å². The highest BCUT2D eigenvalue weighted by atomic mass is 19.4. The van der Waals surface area contributed by atoms with Crippen molar-refractivity contribution in [2.24, 2.45) is 7.05 Å². The second kappa shape index (κ2) is 5.95. The normalized spacial score (nSPS) is 11.8. The molecule has 0 aliphatic heterocycles. The van der Waals surface area contributed by atoms with Crippen LogP contribution in [-0.2, 0) is 7.05 Å². The zero-order valence-corrected chi connectivity index (χ0v) is 12.5. The third-order valence-corrected chi connectivity index (χ3v) is 3.17. The Morgan fingerprint density at radius 2 is 2.12 bits per heavy atom. The lowest BCUT2D eigenvalue weighted by Crippen LogP contribution is -2.16. The molecule has 0 aliphatic carbocycles. The van der Waals surface area contributed by atoms with Gasteiger partial charge < -0.3 is 9.30 Å². The molecule has 0 spiro atoms. The van der Waals surface area contributed by atoms with Crippen LogP contribution < -0.4 is 10.3 Å². The number of ether oxygens (including phenoxy) is 1. The molecule has 7 nitrogen and oxygen atoms in total. The first-order valence-electron chi connectivity index (χ1n) is 6.90. The minimum absolute atomic E-state index is 0.210. The second-order valence-corrected chi connectivity index (χ2v) is 5.06. The van der Waals surface area contributed by atoms with E-state index in [4.69, 9.17) is 4.74 Å². The molecule has 24 heavy (non-hydrogen) atoms. The molecule has 3 aromatic heterocycles. The maximum Gasteiger partial charge on any atom is 0.392 e. The van der Waals surface area contributed by atoms with Crippen molar-refractivity contribution in [2.75, 3.05) is 6.61 Å². The summed E-state index contributed by atoms with van der Waals surface area (Å²) < 4.78 is 43.2. The maximum atomic E-state index is 12.2. The summed E-state index contributed by atoms with van der Waals surface area (Å²) in [5.41, 5.74) is 0.519. The predicted octanol–water partition coefficient (Wildman–Crippen LogP) is 2.05. The van der Waals surface area contributed by atoms with Crippen molar-refractivity contribution in [2.45, 2.75) is 12.6 Å². The van der Waals surface area contributed by atoms with Crippen LogP contribution in [0.1, 0.15) is 6.42 Å². The molecule has 1 N–H and O–H groups in total. The number of alkyl halides is 3. The van der Waals surface area contributed by atoms with E-state index >= 15 is 0 Å². The van der Waals surface area contributed by atoms with Gasteiger partial charge >= 0.3 is 6.18 Å². The second-order valence-electron chi connectivity index (χ2n) is 5.06. The van der Waals surface area contributed by atoms with Gasteiger partial charge in [-0.2, -0.15) is 18.2 Å². The number of nitrogens with one attached hydrogen (secondary N) is 1. The largest absolute Gasteiger partial charge is 0.464 e. The number of hydrogen-bond donors (Lipinski definition) is 1. The van der Waals surface area contributed by atoms with Crippen molar-refractivity contribution in [3.63, 3.8) is 0 Å². The minimum Gasteiger partial charge on any atom is -0.464 e. The van der Waals surface area contributed by atoms with Gasteiger partial charge in [0.25, 0.3) is 11.6 Å². The maximum absolute atomic E-state index is 12.2. The van der Waals surface area contributed by atoms with Crippen LogP contribution in [0.2, 0.25) is 0 Å². The predicted molar refractivity (Wildman–Crippen MR) is 78.5 cm³/mol. The Morgan fingerprint density at radius 1 is 1.33 bits per heavy atom. The van der Waals surface area contributed by atoms with Gasteiger partial charge in [-0.05, 0) is 6.07 Å². The molecule has 0 saturated heterocycles. The first kappa shape index (κ1) is 16.0. The number of fused-ring (bicyclic) bond motifs is 1. The molecule has 10 heteroatoms. The highest BCUT2D eigenvalue weighted by molar-refractivity contribution is 5.89. The fourth-order valence-electron chi connectivity index (χ4n) is 2.10. The molecule has 0 amide bonds. The SMILES string of the molecule is Cn1cnc(-c2nccc3c(=O)[nH]c(OCCC(F)(F)F)nc23)c1. The van der Waals surface area contributed by atoms with Crippen LogP contribution in [0, 0.1) is 0 Å². The van der Waals surface area contributed by atoms with Gasteiger partial charge in [-0.25, -0.2) is 4.98 Å². The molecular formula is C14H12F3N5O2. The minimum atomic E-state index is -4.35. The number of imidazole rings is 1. The summed E-state index contributed by atoms with van der Waals surface area (Å²) in [6, 6.07) is 1.18. The third-order valence-electron chi connectivity index (χ3n) is 3.17. The van der Waals surface area contributed by atoms with Crippen LogP contribution in [0.25, 0.3) is 22.3 Å². The molecule has 3 heterocycles. The average molecular weight is 339 g/mol. The first-order valence-corrected chi connectivity index (χ1v) is 6.90. The Bertz CT molecular complexity index is 932. The van der Waals surface area contributed by atoms with Gasteiger partial charge in [0.05, 0.1) is 18.1 Å². The summed E-state index contributed by atoms with van der Waals surface area (Å²) in [6.45, 7) is -0.642. The summed E-state index contributed by atoms with van der Waals surface area (Å²) in [5.74, 6) is 0. The van der Waals surface area contributed by atoms with Crippen molar-refractivity contribution >= 4 is 10.9 Å². The number of pyridine rings is 1. The van der Waals surface area contributed by atoms with Gasteiger partial charge in [0.1, 0.15) is 23.5 Å². The zero-order chi connectivity index (χ0) is 17.3. The number of nitrogens with zero attached hydrogens (tertiary/aromatic N) is 4. The smallest absolute Gasteiger partial charge is 0.392 e. The lowest BCUT2D eigenvalue weighted by atomic mass is 10.2. The highest BCUT2D eigenvalue weighted by Crippen LogP contribution is 2.23. The standard InChI is InChI=1S/C14H12F3N5O2/c1-22-6-9(19-7-22)11-10-8(2-4-18-11)12(23)21-13(20-10)24-5-3-14(15,16)17/h2,4,6-7H,3,5H2,1H3,(H,20,21,23). The van der Waals surface area contributed by atoms with E-state index in [1.807, 2.05) is 0 Å². The molecule has 0 aliphatic rings. The fraction of sp³-hybridized carbons (Fsp3) is 0.286. The lowest BCUT2D eigenvalue weighted by molar-refractivity contribution is -0.139. The highest BCUT2D eigenvalue weighted by Gasteiger charge is 2.27. The van der Waals surface area contributed by atoms with E-state index in [0.717, 1.165) is 0 Å². The van der Waals surface area contributed by atoms with Crippen molar-refractivity contribution in [3.8, 4) is 17.4 Å². The number of rotatable bonds is 4. The van der Waals surface area contributed by atoms with E-state index in [9.17, 15) is 18.0 Å². The summed E-state index contributed by atoms with van der Waals surface area (Å²) >= 11 is 0. The quantitative estimate of drug-likeness (QED) is 0.786. The summed E-state index contributed by atoms with van der Waals surface area (Å²) in [7, 11) is 1.77. The molecule has 3 rings (SSSR count). The van der Waals surface area contributed by atoms with Crippen LogP contribution in [0.5, 0.6) is 6.01 Å². The number of halogens is 3. The fourth-order valence-corrected chi connectivity index (χ4v) is 2.10. The molecule has 0 fully saturated rings. The van der Waals surface area contributed by atoms with Gasteiger partial charge in [0.15, 0.2) is 0 Å². The Morgan fingerprint density at radius 3 is 2.79 bits per heavy atom. The Balaban J connectivity index is 2.00. The molecule has 0 saturated carbocycles. The summed E-state index contributed by atoms with van der Waals surface area (Å²) in [5, 5.41) is 0.244. The van der Waals surface area contributed by atoms with E-state index < -0.39 is 24.8 Å². The molecule has 0 atom stereocenters. The molecular weight excluding hydrogens is 327 g/mol. The van der Waals surface area contributed by atoms with Crippen LogP contribution in [0.3, 0.4) is 0 Å². The topological polar surface area (TPSA) is 85.7 Å². The summed E-state index contributed by atoms with van der Waals surface area (Å²) in [6.07, 6.45) is -0.807. The molecule has 0 unspecified atom stereocenters. The number of aromatic nitrogens is 5. The summed E-state index contributed by atoms with van der Waals surface area (Å²) in [4.78, 5) is 26.8. The zero-order valence-electron chi connectivity index (χ0n) is 12.5. The van der Waals surface area contributed by atoms with Gasteiger partial charge in [-0.3, -0.25) is 14.8 Å². The van der Waals surface area contributed by atoms with Gasteiger partial charge in [-0.15, -0.1) is 0 Å². The molecule has 126 valence electrons. The van der Waals surface area contributed by atoms with Crippen molar-refractivity contribution < 1.29 is 17.9 Å². The molecule has 0 radical (unpaired) electrons. The molecule has 3 aromatic rings. The number of aryl methyl sites for hydroxylation is 1. The van der Waals surface area contributed by atoms with E-state index in [1.54, 1.807) is 24.1 Å². The monoisotopic (exact) mass is 339 g/mol. The van der Waals surface area contributed by atoms with Crippen molar-refractivity contribution in [1.82, 2.24) is 24.5 Å². The van der Waals surface area contributed by atoms with Crippen LogP contribution in [0.4, 0.5) is 13.2 Å². The van der Waals surface area contributed by atoms with E-state index in [2.05, 4.69) is 19.9 Å². The Hall–Kier alpha value is -2.91. The average Bonchev–Trinajstić information content (AvgIpc) is 2.92. The van der Waals surface area contributed by atoms with E-state index in [-0.39, 0.29) is 16.9 Å². The van der Waals surface area contributed by atoms with Gasteiger partial charge in [-0.1, -0.05) is 0 Å². The van der Waals surface area contributed by atoms with E-state index in [0.29, 0.717) is 11.4 Å². The Kier molecular flexibility index (Phi) is 3.96. The number of aromatic amines is 1. The van der Waals surface area contributed by atoms with Gasteiger partial charge in [0.2, 0.25) is 0 Å². The van der Waals surface area contributed by atoms with Crippen LogP contribution in [0.15, 0.2) is 29.6 Å². The van der Waals surface area contributed by atoms with Crippen molar-refractivity contribution in [1.29, 1.82) is 0 Å². The molecule has 0 aromatic carbocycles. The molecule has 0 bridgehead atoms. The van der Waals surface area contributed by atoms with Gasteiger partial charge in [0, 0.05) is 19.4 Å². The van der Waals surface area contributed by atoms with Crippen LogP contribution in [-0.4, -0.2) is 37.3 Å². The lowest BCUT2D eigenvalue weighted by Gasteiger charge is -2.09. The van der Waals surface area contributed by atoms with Crippen molar-refractivity contribution in [3.05, 3.63) is 35.1 Å². The third kappa shape index (κ3) is 3.36. The first-order chi connectivity index (χ1) is 11.3. The number of H-pyrrole nitrogens is 1. The number of hydrogen-bond acceptors (Lipinski definition) is 5.